The summed E-state index contributed by atoms with van der Waals surface area (Å²) in [5, 5.41) is 0. The average Bonchev–Trinajstić information content (AvgIpc) is 2.41. The molecule has 0 bridgehead atoms. The predicted molar refractivity (Wildman–Crippen MR) is 56.6 cm³/mol. The van der Waals surface area contributed by atoms with Gasteiger partial charge >= 0.3 is 0 Å². The first kappa shape index (κ1) is 8.55. The van der Waals surface area contributed by atoms with E-state index in [1.54, 1.807) is 0 Å². The Labute approximate surface area is 80.3 Å². The highest BCUT2D eigenvalue weighted by Gasteiger charge is 2.24. The second-order valence-corrected chi connectivity index (χ2v) is 3.77. The summed E-state index contributed by atoms with van der Waals surface area (Å²) in [6, 6.07) is 9.67. The number of hydrogen-bond donors (Lipinski definition) is 0. The van der Waals surface area contributed by atoms with Gasteiger partial charge in [0.2, 0.25) is 0 Å². The van der Waals surface area contributed by atoms with Crippen LogP contribution in [0.5, 0.6) is 0 Å². The van der Waals surface area contributed by atoms with Crippen molar-refractivity contribution in [2.75, 3.05) is 0 Å². The first-order valence-corrected chi connectivity index (χ1v) is 4.94. The highest BCUT2D eigenvalue weighted by molar-refractivity contribution is 5.76. The fourth-order valence-corrected chi connectivity index (χ4v) is 2.28. The van der Waals surface area contributed by atoms with Gasteiger partial charge in [-0.25, -0.2) is 0 Å². The maximum atomic E-state index is 3.34. The van der Waals surface area contributed by atoms with E-state index < -0.39 is 0 Å². The van der Waals surface area contributed by atoms with E-state index in [1.807, 2.05) is 6.07 Å². The smallest absolute Gasteiger partial charge is 0.00549 e. The molecule has 1 aliphatic rings. The zero-order valence-corrected chi connectivity index (χ0v) is 8.52. The second kappa shape index (κ2) is 3.02. The molecule has 0 saturated carbocycles. The quantitative estimate of drug-likeness (QED) is 0.603. The van der Waals surface area contributed by atoms with Gasteiger partial charge < -0.3 is 0 Å². The van der Waals surface area contributed by atoms with Crippen LogP contribution in [0.15, 0.2) is 23.8 Å². The Morgan fingerprint density at radius 2 is 2.15 bits per heavy atom. The van der Waals surface area contributed by atoms with Gasteiger partial charge in [0.25, 0.3) is 0 Å². The number of allylic oxidation sites excluding steroid dienone is 2. The van der Waals surface area contributed by atoms with E-state index >= 15 is 0 Å². The zero-order valence-electron chi connectivity index (χ0n) is 8.52. The molecule has 0 aromatic heterocycles. The van der Waals surface area contributed by atoms with Gasteiger partial charge in [0, 0.05) is 5.92 Å². The molecule has 0 N–H and O–H groups in total. The Morgan fingerprint density at radius 3 is 2.85 bits per heavy atom. The third-order valence-corrected chi connectivity index (χ3v) is 3.16. The van der Waals surface area contributed by atoms with Crippen LogP contribution in [-0.4, -0.2) is 0 Å². The van der Waals surface area contributed by atoms with Crippen LogP contribution in [0, 0.1) is 6.07 Å². The van der Waals surface area contributed by atoms with E-state index in [0.717, 1.165) is 0 Å². The van der Waals surface area contributed by atoms with E-state index in [9.17, 15) is 0 Å². The Morgan fingerprint density at radius 1 is 1.38 bits per heavy atom. The Balaban J connectivity index is 2.59. The molecular formula is C13H15. The van der Waals surface area contributed by atoms with E-state index in [4.69, 9.17) is 0 Å². The van der Waals surface area contributed by atoms with Crippen molar-refractivity contribution in [3.63, 3.8) is 0 Å². The van der Waals surface area contributed by atoms with Crippen molar-refractivity contribution in [3.8, 4) is 0 Å². The number of rotatable bonds is 1. The first-order valence-electron chi connectivity index (χ1n) is 4.94. The molecule has 0 fully saturated rings. The average molecular weight is 171 g/mol. The van der Waals surface area contributed by atoms with Crippen LogP contribution in [0.25, 0.3) is 5.57 Å². The van der Waals surface area contributed by atoms with Crippen molar-refractivity contribution < 1.29 is 0 Å². The molecule has 1 aromatic rings. The van der Waals surface area contributed by atoms with E-state index in [0.29, 0.717) is 5.92 Å². The Hall–Kier alpha value is -1.04. The third-order valence-electron chi connectivity index (χ3n) is 3.16. The summed E-state index contributed by atoms with van der Waals surface area (Å²) in [6.07, 6.45) is 1.20. The lowest BCUT2D eigenvalue weighted by Crippen LogP contribution is -1.93. The minimum atomic E-state index is 0.646. The molecule has 0 nitrogen and oxygen atoms in total. The lowest BCUT2D eigenvalue weighted by atomic mass is 9.94. The molecule has 0 amide bonds. The van der Waals surface area contributed by atoms with E-state index in [2.05, 4.69) is 39.0 Å². The fraction of sp³-hybridized carbons (Fsp3) is 0.385. The molecule has 0 spiro atoms. The van der Waals surface area contributed by atoms with Crippen LogP contribution in [-0.2, 0) is 0 Å². The summed E-state index contributed by atoms with van der Waals surface area (Å²) in [5.41, 5.74) is 5.77. The van der Waals surface area contributed by atoms with Crippen LogP contribution in [0.1, 0.15) is 44.2 Å². The van der Waals surface area contributed by atoms with Gasteiger partial charge in [-0.05, 0) is 43.0 Å². The van der Waals surface area contributed by atoms with Crippen LogP contribution < -0.4 is 0 Å². The van der Waals surface area contributed by atoms with Gasteiger partial charge in [-0.2, -0.15) is 0 Å². The standard InChI is InChI=1S/C13H15/c1-4-11-9(2)10(3)12-7-5-6-8-13(11)12/h5-6,8,11H,4H2,1-3H3. The van der Waals surface area contributed by atoms with E-state index in [-0.39, 0.29) is 0 Å². The summed E-state index contributed by atoms with van der Waals surface area (Å²) in [6.45, 7) is 6.71. The Bertz CT molecular complexity index is 358. The van der Waals surface area contributed by atoms with Crippen molar-refractivity contribution in [2.24, 2.45) is 0 Å². The molecular weight excluding hydrogens is 156 g/mol. The molecule has 0 heteroatoms. The summed E-state index contributed by atoms with van der Waals surface area (Å²) in [5.74, 6) is 0.646. The largest absolute Gasteiger partial charge is 0.0645 e. The number of fused-ring (bicyclic) bond motifs is 1. The van der Waals surface area contributed by atoms with Gasteiger partial charge in [-0.15, -0.1) is 0 Å². The lowest BCUT2D eigenvalue weighted by molar-refractivity contribution is 0.775. The van der Waals surface area contributed by atoms with Crippen molar-refractivity contribution >= 4 is 5.57 Å². The minimum absolute atomic E-state index is 0.646. The molecule has 0 aliphatic heterocycles. The maximum Gasteiger partial charge on any atom is 0.00549 e. The van der Waals surface area contributed by atoms with Crippen LogP contribution >= 0.6 is 0 Å². The van der Waals surface area contributed by atoms with Crippen molar-refractivity contribution in [2.45, 2.75) is 33.1 Å². The molecule has 0 saturated heterocycles. The van der Waals surface area contributed by atoms with Gasteiger partial charge in [0.1, 0.15) is 0 Å². The molecule has 1 aliphatic carbocycles. The molecule has 1 atom stereocenters. The van der Waals surface area contributed by atoms with Crippen LogP contribution in [0.2, 0.25) is 0 Å². The molecule has 67 valence electrons. The second-order valence-electron chi connectivity index (χ2n) is 3.77. The molecule has 1 aromatic carbocycles. The lowest BCUT2D eigenvalue weighted by Gasteiger charge is -2.10. The first-order chi connectivity index (χ1) is 6.25. The van der Waals surface area contributed by atoms with Crippen molar-refractivity contribution in [1.29, 1.82) is 0 Å². The maximum absolute atomic E-state index is 3.34. The zero-order chi connectivity index (χ0) is 9.42. The predicted octanol–water partition coefficient (Wildman–Crippen LogP) is 3.79. The van der Waals surface area contributed by atoms with Gasteiger partial charge in [0.05, 0.1) is 0 Å². The van der Waals surface area contributed by atoms with Gasteiger partial charge in [-0.1, -0.05) is 30.7 Å². The number of benzene rings is 1. The topological polar surface area (TPSA) is 0 Å². The minimum Gasteiger partial charge on any atom is -0.0645 e. The monoisotopic (exact) mass is 171 g/mol. The molecule has 1 radical (unpaired) electrons. The molecule has 2 rings (SSSR count). The fourth-order valence-electron chi connectivity index (χ4n) is 2.28. The number of hydrogen-bond acceptors (Lipinski definition) is 0. The van der Waals surface area contributed by atoms with Crippen molar-refractivity contribution in [3.05, 3.63) is 41.0 Å². The molecule has 0 heterocycles. The third kappa shape index (κ3) is 1.13. The normalized spacial score (nSPS) is 20.7. The van der Waals surface area contributed by atoms with Crippen molar-refractivity contribution in [1.82, 2.24) is 0 Å². The molecule has 13 heavy (non-hydrogen) atoms. The summed E-state index contributed by atoms with van der Waals surface area (Å²) < 4.78 is 0. The van der Waals surface area contributed by atoms with Gasteiger partial charge in [0.15, 0.2) is 0 Å². The Kier molecular flexibility index (Phi) is 1.99. The summed E-state index contributed by atoms with van der Waals surface area (Å²) in [4.78, 5) is 0. The molecule has 1 unspecified atom stereocenters. The summed E-state index contributed by atoms with van der Waals surface area (Å²) in [7, 11) is 0. The SMILES string of the molecule is CCC1C(C)=C(C)c2[c]cccc21. The highest BCUT2D eigenvalue weighted by Crippen LogP contribution is 2.42. The van der Waals surface area contributed by atoms with Crippen LogP contribution in [0.3, 0.4) is 0 Å². The highest BCUT2D eigenvalue weighted by atomic mass is 14.3. The summed E-state index contributed by atoms with van der Waals surface area (Å²) >= 11 is 0. The van der Waals surface area contributed by atoms with Crippen LogP contribution in [0.4, 0.5) is 0 Å². The van der Waals surface area contributed by atoms with E-state index in [1.165, 1.54) is 28.7 Å². The van der Waals surface area contributed by atoms with Gasteiger partial charge in [-0.3, -0.25) is 0 Å².